The van der Waals surface area contributed by atoms with Crippen LogP contribution in [0.15, 0.2) is 77.9 Å². The molecule has 0 spiro atoms. The summed E-state index contributed by atoms with van der Waals surface area (Å²) in [4.78, 5) is 25.1. The number of halogens is 1. The van der Waals surface area contributed by atoms with Crippen LogP contribution >= 0.6 is 11.6 Å². The van der Waals surface area contributed by atoms with Crippen molar-refractivity contribution >= 4 is 34.3 Å². The predicted octanol–water partition coefficient (Wildman–Crippen LogP) is 3.63. The molecule has 0 radical (unpaired) electrons. The first-order valence-electron chi connectivity index (χ1n) is 9.81. The lowest BCUT2D eigenvalue weighted by Crippen LogP contribution is -2.31. The van der Waals surface area contributed by atoms with Crippen molar-refractivity contribution in [1.82, 2.24) is 24.4 Å². The molecule has 5 rings (SSSR count). The summed E-state index contributed by atoms with van der Waals surface area (Å²) in [6.45, 7) is 0. The molecule has 1 N–H and O–H groups in total. The fourth-order valence-corrected chi connectivity index (χ4v) is 3.85. The van der Waals surface area contributed by atoms with Gasteiger partial charge in [0.05, 0.1) is 6.20 Å². The zero-order valence-electron chi connectivity index (χ0n) is 16.6. The molecule has 5 aromatic rings. The van der Waals surface area contributed by atoms with Gasteiger partial charge in [-0.15, -0.1) is 10.2 Å². The molecule has 2 aromatic carbocycles. The average molecular weight is 446 g/mol. The van der Waals surface area contributed by atoms with Crippen LogP contribution < -0.4 is 5.56 Å². The lowest BCUT2D eigenvalue weighted by Gasteiger charge is -2.16. The highest BCUT2D eigenvalue weighted by Crippen LogP contribution is 2.26. The third-order valence-electron chi connectivity index (χ3n) is 5.34. The first kappa shape index (κ1) is 19.9. The lowest BCUT2D eigenvalue weighted by atomic mass is 10.1. The van der Waals surface area contributed by atoms with Gasteiger partial charge in [0.15, 0.2) is 11.2 Å². The Morgan fingerprint density at radius 3 is 2.50 bits per heavy atom. The van der Waals surface area contributed by atoms with Crippen molar-refractivity contribution in [3.05, 3.63) is 94.0 Å². The van der Waals surface area contributed by atoms with Crippen LogP contribution in [0.4, 0.5) is 0 Å². The van der Waals surface area contributed by atoms with E-state index in [9.17, 15) is 14.7 Å². The second-order valence-corrected chi connectivity index (χ2v) is 7.74. The Morgan fingerprint density at radius 1 is 1.03 bits per heavy atom. The molecule has 0 amide bonds. The summed E-state index contributed by atoms with van der Waals surface area (Å²) < 4.78 is 2.72. The number of hydrogen-bond donors (Lipinski definition) is 1. The SMILES string of the molecule is O=C(O)[C@H](Cc1ccccc1)n1ccc2c(nnc3c(-c4ccc(Cl)cc4)cnn32)c1=O. The number of rotatable bonds is 5. The maximum atomic E-state index is 13.2. The van der Waals surface area contributed by atoms with E-state index in [1.54, 1.807) is 24.4 Å². The Balaban J connectivity index is 1.62. The topological polar surface area (TPSA) is 102 Å². The molecule has 8 nitrogen and oxygen atoms in total. The quantitative estimate of drug-likeness (QED) is 0.443. The van der Waals surface area contributed by atoms with Gasteiger partial charge in [-0.3, -0.25) is 9.36 Å². The Bertz CT molecular complexity index is 1510. The number of aromatic nitrogens is 5. The van der Waals surface area contributed by atoms with Crippen molar-refractivity contribution < 1.29 is 9.90 Å². The molecule has 3 heterocycles. The molecule has 158 valence electrons. The van der Waals surface area contributed by atoms with Crippen LogP contribution in [0.3, 0.4) is 0 Å². The number of aliphatic carboxylic acids is 1. The van der Waals surface area contributed by atoms with Gasteiger partial charge in [-0.05, 0) is 29.3 Å². The van der Waals surface area contributed by atoms with Gasteiger partial charge in [0.2, 0.25) is 0 Å². The molecule has 0 unspecified atom stereocenters. The molecule has 0 bridgehead atoms. The van der Waals surface area contributed by atoms with E-state index in [-0.39, 0.29) is 11.9 Å². The van der Waals surface area contributed by atoms with Gasteiger partial charge in [-0.1, -0.05) is 54.1 Å². The fraction of sp³-hybridized carbons (Fsp3) is 0.0870. The third-order valence-corrected chi connectivity index (χ3v) is 5.59. The van der Waals surface area contributed by atoms with Crippen molar-refractivity contribution in [2.45, 2.75) is 12.5 Å². The van der Waals surface area contributed by atoms with E-state index in [2.05, 4.69) is 15.3 Å². The lowest BCUT2D eigenvalue weighted by molar-refractivity contribution is -0.141. The molecule has 9 heteroatoms. The molecule has 0 aliphatic carbocycles. The van der Waals surface area contributed by atoms with Crippen LogP contribution in [0, 0.1) is 0 Å². The number of benzene rings is 2. The minimum atomic E-state index is -1.10. The van der Waals surface area contributed by atoms with Crippen LogP contribution in [-0.4, -0.2) is 35.5 Å². The summed E-state index contributed by atoms with van der Waals surface area (Å²) in [6.07, 6.45) is 3.28. The van der Waals surface area contributed by atoms with Crippen LogP contribution in [0.5, 0.6) is 0 Å². The molecule has 1 atom stereocenters. The van der Waals surface area contributed by atoms with E-state index in [0.29, 0.717) is 16.2 Å². The Kier molecular flexibility index (Phi) is 4.91. The highest BCUT2D eigenvalue weighted by Gasteiger charge is 2.23. The number of pyridine rings is 1. The first-order valence-corrected chi connectivity index (χ1v) is 10.2. The standard InChI is InChI=1S/C23H16ClN5O3/c24-16-8-6-15(7-9-16)17-13-25-29-18-10-11-28(22(30)20(18)26-27-21(17)29)19(23(31)32)12-14-4-2-1-3-5-14/h1-11,13,19H,12H2,(H,31,32)/t19-/m0/s1. The van der Waals surface area contributed by atoms with Gasteiger partial charge in [0.25, 0.3) is 5.56 Å². The monoisotopic (exact) mass is 445 g/mol. The van der Waals surface area contributed by atoms with Gasteiger partial charge in [-0.2, -0.15) is 5.10 Å². The first-order chi connectivity index (χ1) is 15.5. The highest BCUT2D eigenvalue weighted by atomic mass is 35.5. The minimum Gasteiger partial charge on any atom is -0.480 e. The molecular weight excluding hydrogens is 430 g/mol. The summed E-state index contributed by atoms with van der Waals surface area (Å²) in [5.74, 6) is -1.10. The number of nitrogens with zero attached hydrogens (tertiary/aromatic N) is 5. The predicted molar refractivity (Wildman–Crippen MR) is 120 cm³/mol. The van der Waals surface area contributed by atoms with Gasteiger partial charge in [0.1, 0.15) is 11.6 Å². The number of fused-ring (bicyclic) bond motifs is 3. The largest absolute Gasteiger partial charge is 0.480 e. The molecule has 3 aromatic heterocycles. The second kappa shape index (κ2) is 7.90. The van der Waals surface area contributed by atoms with E-state index >= 15 is 0 Å². The minimum absolute atomic E-state index is 0.0464. The van der Waals surface area contributed by atoms with Gasteiger partial charge < -0.3 is 5.11 Å². The number of carbonyl (C=O) groups is 1. The summed E-state index contributed by atoms with van der Waals surface area (Å²) >= 11 is 5.97. The molecule has 0 saturated heterocycles. The van der Waals surface area contributed by atoms with Crippen molar-refractivity contribution in [3.63, 3.8) is 0 Å². The van der Waals surface area contributed by atoms with Gasteiger partial charge >= 0.3 is 5.97 Å². The average Bonchev–Trinajstić information content (AvgIpc) is 3.24. The molecule has 0 aliphatic rings. The second-order valence-electron chi connectivity index (χ2n) is 7.31. The van der Waals surface area contributed by atoms with Crippen LogP contribution in [0.1, 0.15) is 11.6 Å². The summed E-state index contributed by atoms with van der Waals surface area (Å²) in [6, 6.07) is 17.0. The molecule has 0 aliphatic heterocycles. The molecule has 0 fully saturated rings. The van der Waals surface area contributed by atoms with Crippen molar-refractivity contribution in [1.29, 1.82) is 0 Å². The normalized spacial score (nSPS) is 12.3. The van der Waals surface area contributed by atoms with Gasteiger partial charge in [-0.25, -0.2) is 9.31 Å². The van der Waals surface area contributed by atoms with E-state index in [4.69, 9.17) is 11.6 Å². The van der Waals surface area contributed by atoms with Crippen molar-refractivity contribution in [2.75, 3.05) is 0 Å². The van der Waals surface area contributed by atoms with Crippen LogP contribution in [0.2, 0.25) is 5.02 Å². The van der Waals surface area contributed by atoms with E-state index in [1.807, 2.05) is 42.5 Å². The fourth-order valence-electron chi connectivity index (χ4n) is 3.73. The maximum absolute atomic E-state index is 13.2. The Hall–Kier alpha value is -4.04. The van der Waals surface area contributed by atoms with Crippen molar-refractivity contribution in [3.8, 4) is 11.1 Å². The zero-order chi connectivity index (χ0) is 22.2. The van der Waals surface area contributed by atoms with Crippen LogP contribution in [-0.2, 0) is 11.2 Å². The number of carboxylic acid groups (broad SMARTS) is 1. The van der Waals surface area contributed by atoms with E-state index < -0.39 is 17.6 Å². The third kappa shape index (κ3) is 3.40. The highest BCUT2D eigenvalue weighted by molar-refractivity contribution is 6.30. The Morgan fingerprint density at radius 2 is 1.78 bits per heavy atom. The summed E-state index contributed by atoms with van der Waals surface area (Å²) in [7, 11) is 0. The molecule has 32 heavy (non-hydrogen) atoms. The molecule has 0 saturated carbocycles. The van der Waals surface area contributed by atoms with E-state index in [1.165, 1.54) is 15.3 Å². The summed E-state index contributed by atoms with van der Waals surface area (Å²) in [5.41, 5.74) is 2.85. The number of hydrogen-bond acceptors (Lipinski definition) is 5. The zero-order valence-corrected chi connectivity index (χ0v) is 17.3. The Labute approximate surface area is 186 Å². The smallest absolute Gasteiger partial charge is 0.327 e. The summed E-state index contributed by atoms with van der Waals surface area (Å²) in [5, 5.41) is 23.1. The van der Waals surface area contributed by atoms with Gasteiger partial charge in [0, 0.05) is 23.2 Å². The van der Waals surface area contributed by atoms with Crippen molar-refractivity contribution in [2.24, 2.45) is 0 Å². The van der Waals surface area contributed by atoms with E-state index in [0.717, 1.165) is 16.7 Å². The molecular formula is C23H16ClN5O3. The van der Waals surface area contributed by atoms with Crippen LogP contribution in [0.25, 0.3) is 27.8 Å². The number of carboxylic acids is 1. The maximum Gasteiger partial charge on any atom is 0.327 e.